The molecule has 0 radical (unpaired) electrons. The van der Waals surface area contributed by atoms with Crippen molar-refractivity contribution in [3.05, 3.63) is 12.3 Å². The van der Waals surface area contributed by atoms with Crippen LogP contribution in [0.4, 0.5) is 0 Å². The average Bonchev–Trinajstić information content (AvgIpc) is 2.12. The van der Waals surface area contributed by atoms with E-state index in [0.717, 1.165) is 0 Å². The smallest absolute Gasteiger partial charge is 0.0230 e. The van der Waals surface area contributed by atoms with Crippen LogP contribution in [0.25, 0.3) is 0 Å². The maximum atomic E-state index is 3.98. The van der Waals surface area contributed by atoms with E-state index in [1.165, 1.54) is 0 Å². The van der Waals surface area contributed by atoms with Crippen LogP contribution in [-0.4, -0.2) is 6.21 Å². The summed E-state index contributed by atoms with van der Waals surface area (Å²) in [5, 5.41) is 0. The molecule has 1 rings (SSSR count). The summed E-state index contributed by atoms with van der Waals surface area (Å²) in [6, 6.07) is 0. The van der Waals surface area contributed by atoms with Gasteiger partial charge in [0.15, 0.2) is 0 Å². The van der Waals surface area contributed by atoms with Crippen LogP contribution in [0.1, 0.15) is 13.8 Å². The van der Waals surface area contributed by atoms with E-state index in [9.17, 15) is 0 Å². The first-order valence-corrected chi connectivity index (χ1v) is 3.00. The summed E-state index contributed by atoms with van der Waals surface area (Å²) in [7, 11) is 0. The zero-order chi connectivity index (χ0) is 5.98. The quantitative estimate of drug-likeness (QED) is 0.487. The molecular formula is C7H11N. The Kier molecular flexibility index (Phi) is 1.47. The monoisotopic (exact) mass is 109 g/mol. The van der Waals surface area contributed by atoms with Crippen LogP contribution >= 0.6 is 0 Å². The maximum Gasteiger partial charge on any atom is 0.0230 e. The van der Waals surface area contributed by atoms with Gasteiger partial charge >= 0.3 is 0 Å². The van der Waals surface area contributed by atoms with Crippen molar-refractivity contribution in [3.63, 3.8) is 0 Å². The van der Waals surface area contributed by atoms with Gasteiger partial charge in [-0.3, -0.25) is 4.99 Å². The van der Waals surface area contributed by atoms with Gasteiger partial charge in [-0.2, -0.15) is 0 Å². The van der Waals surface area contributed by atoms with E-state index in [0.29, 0.717) is 11.8 Å². The molecule has 44 valence electrons. The molecule has 1 aliphatic heterocycles. The summed E-state index contributed by atoms with van der Waals surface area (Å²) in [6.45, 7) is 4.40. The summed E-state index contributed by atoms with van der Waals surface area (Å²) >= 11 is 0. The first kappa shape index (κ1) is 5.54. The highest BCUT2D eigenvalue weighted by molar-refractivity contribution is 5.67. The number of hydrogen-bond acceptors (Lipinski definition) is 1. The molecule has 0 aromatic heterocycles. The van der Waals surface area contributed by atoms with Crippen molar-refractivity contribution >= 4 is 6.21 Å². The molecule has 0 N–H and O–H groups in total. The van der Waals surface area contributed by atoms with E-state index in [1.807, 2.05) is 12.4 Å². The predicted molar refractivity (Wildman–Crippen MR) is 36.0 cm³/mol. The fraction of sp³-hybridized carbons (Fsp3) is 0.571. The molecule has 0 aromatic rings. The zero-order valence-electron chi connectivity index (χ0n) is 5.33. The zero-order valence-corrected chi connectivity index (χ0v) is 5.33. The Morgan fingerprint density at radius 2 is 2.25 bits per heavy atom. The van der Waals surface area contributed by atoms with Gasteiger partial charge in [-0.25, -0.2) is 0 Å². The molecule has 0 bridgehead atoms. The number of hydrogen-bond donors (Lipinski definition) is 0. The fourth-order valence-corrected chi connectivity index (χ4v) is 0.742. The van der Waals surface area contributed by atoms with Gasteiger partial charge in [0, 0.05) is 18.3 Å². The highest BCUT2D eigenvalue weighted by Gasteiger charge is 2.07. The predicted octanol–water partition coefficient (Wildman–Crippen LogP) is 1.86. The fourth-order valence-electron chi connectivity index (χ4n) is 0.742. The third-order valence-corrected chi connectivity index (χ3v) is 1.42. The molecule has 0 spiro atoms. The van der Waals surface area contributed by atoms with Crippen LogP contribution in [-0.2, 0) is 0 Å². The van der Waals surface area contributed by atoms with Gasteiger partial charge in [-0.05, 0) is 5.92 Å². The van der Waals surface area contributed by atoms with Gasteiger partial charge in [-0.1, -0.05) is 19.9 Å². The molecule has 1 heterocycles. The summed E-state index contributed by atoms with van der Waals surface area (Å²) < 4.78 is 0. The van der Waals surface area contributed by atoms with E-state index < -0.39 is 0 Å². The van der Waals surface area contributed by atoms with Crippen LogP contribution in [0, 0.1) is 11.8 Å². The molecule has 1 unspecified atom stereocenters. The van der Waals surface area contributed by atoms with Crippen LogP contribution in [0.5, 0.6) is 0 Å². The van der Waals surface area contributed by atoms with E-state index in [-0.39, 0.29) is 0 Å². The van der Waals surface area contributed by atoms with Crippen LogP contribution in [0.3, 0.4) is 0 Å². The van der Waals surface area contributed by atoms with Crippen molar-refractivity contribution in [2.45, 2.75) is 13.8 Å². The van der Waals surface area contributed by atoms with Gasteiger partial charge in [0.1, 0.15) is 0 Å². The van der Waals surface area contributed by atoms with Crippen LogP contribution < -0.4 is 0 Å². The molecule has 1 nitrogen and oxygen atoms in total. The second-order valence-electron chi connectivity index (χ2n) is 2.46. The first-order valence-electron chi connectivity index (χ1n) is 3.00. The molecule has 0 fully saturated rings. The third-order valence-electron chi connectivity index (χ3n) is 1.42. The Bertz CT molecular complexity index is 110. The molecule has 0 aliphatic carbocycles. The number of allylic oxidation sites excluding steroid dienone is 1. The molecule has 1 aliphatic rings. The lowest BCUT2D eigenvalue weighted by molar-refractivity contribution is 0.590. The Labute approximate surface area is 50.1 Å². The van der Waals surface area contributed by atoms with Crippen LogP contribution in [0.15, 0.2) is 17.3 Å². The Balaban J connectivity index is 2.49. The highest BCUT2D eigenvalue weighted by atomic mass is 14.7. The second-order valence-corrected chi connectivity index (χ2v) is 2.46. The van der Waals surface area contributed by atoms with E-state index in [1.54, 1.807) is 0 Å². The lowest BCUT2D eigenvalue weighted by atomic mass is 9.99. The molecule has 1 atom stereocenters. The third kappa shape index (κ3) is 0.971. The minimum absolute atomic E-state index is 0.593. The Morgan fingerprint density at radius 1 is 1.50 bits per heavy atom. The van der Waals surface area contributed by atoms with Gasteiger partial charge < -0.3 is 0 Å². The number of nitrogens with zero attached hydrogens (tertiary/aromatic N) is 1. The summed E-state index contributed by atoms with van der Waals surface area (Å²) in [5.41, 5.74) is 0. The number of rotatable bonds is 1. The second kappa shape index (κ2) is 2.12. The molecule has 0 aromatic carbocycles. The molecule has 0 saturated heterocycles. The van der Waals surface area contributed by atoms with Gasteiger partial charge in [-0.15, -0.1) is 0 Å². The van der Waals surface area contributed by atoms with E-state index in [2.05, 4.69) is 24.9 Å². The van der Waals surface area contributed by atoms with Crippen molar-refractivity contribution < 1.29 is 0 Å². The number of aliphatic imine (C=N–C) groups is 1. The Hall–Kier alpha value is -0.590. The van der Waals surface area contributed by atoms with Gasteiger partial charge in [0.05, 0.1) is 0 Å². The minimum Gasteiger partial charge on any atom is -0.269 e. The van der Waals surface area contributed by atoms with Crippen molar-refractivity contribution in [2.75, 3.05) is 0 Å². The van der Waals surface area contributed by atoms with E-state index in [4.69, 9.17) is 0 Å². The van der Waals surface area contributed by atoms with E-state index >= 15 is 0 Å². The molecule has 0 amide bonds. The average molecular weight is 109 g/mol. The minimum atomic E-state index is 0.593. The SMILES string of the molecule is CC(C)C1C=CN=C1. The normalized spacial score (nSPS) is 25.6. The standard InChI is InChI=1S/C7H11N/c1-6(2)7-3-4-8-5-7/h3-7H,1-2H3. The topological polar surface area (TPSA) is 12.4 Å². The van der Waals surface area contributed by atoms with Crippen molar-refractivity contribution in [1.29, 1.82) is 0 Å². The highest BCUT2D eigenvalue weighted by Crippen LogP contribution is 2.13. The first-order chi connectivity index (χ1) is 3.80. The van der Waals surface area contributed by atoms with Crippen LogP contribution in [0.2, 0.25) is 0 Å². The summed E-state index contributed by atoms with van der Waals surface area (Å²) in [5.74, 6) is 1.30. The summed E-state index contributed by atoms with van der Waals surface area (Å²) in [6.07, 6.45) is 5.99. The molecule has 0 saturated carbocycles. The Morgan fingerprint density at radius 3 is 2.50 bits per heavy atom. The largest absolute Gasteiger partial charge is 0.269 e. The van der Waals surface area contributed by atoms with Gasteiger partial charge in [0.25, 0.3) is 0 Å². The molecule has 1 heteroatoms. The maximum absolute atomic E-state index is 3.98. The van der Waals surface area contributed by atoms with Crippen molar-refractivity contribution in [3.8, 4) is 0 Å². The lowest BCUT2D eigenvalue weighted by Gasteiger charge is -2.05. The lowest BCUT2D eigenvalue weighted by Crippen LogP contribution is -2.03. The van der Waals surface area contributed by atoms with Crippen molar-refractivity contribution in [2.24, 2.45) is 16.8 Å². The van der Waals surface area contributed by atoms with Gasteiger partial charge in [0.2, 0.25) is 0 Å². The summed E-state index contributed by atoms with van der Waals surface area (Å²) in [4.78, 5) is 3.98. The molecule has 8 heavy (non-hydrogen) atoms. The molecular weight excluding hydrogens is 98.1 g/mol. The van der Waals surface area contributed by atoms with Crippen molar-refractivity contribution in [1.82, 2.24) is 0 Å².